The number of rotatable bonds is 10. The zero-order valence-corrected chi connectivity index (χ0v) is 15.5. The molecule has 0 spiro atoms. The van der Waals surface area contributed by atoms with Crippen LogP contribution in [0.4, 0.5) is 0 Å². The Bertz CT molecular complexity index is 329. The van der Waals surface area contributed by atoms with E-state index in [0.717, 1.165) is 77.7 Å². The van der Waals surface area contributed by atoms with E-state index in [0.29, 0.717) is 0 Å². The highest BCUT2D eigenvalue weighted by molar-refractivity contribution is 5.79. The highest BCUT2D eigenvalue weighted by Gasteiger charge is 2.34. The molecule has 6 nitrogen and oxygen atoms in total. The van der Waals surface area contributed by atoms with Crippen molar-refractivity contribution in [2.45, 2.75) is 45.1 Å². The minimum absolute atomic E-state index is 0.121. The van der Waals surface area contributed by atoms with Gasteiger partial charge >= 0.3 is 0 Å². The molecule has 0 bridgehead atoms. The standard InChI is InChI=1S/C17H36N4O2/c1-5-18-16(19-11-7-8-12-22-6-2)20-15-17(21(3)4)9-13-23-14-10-17/h5-15H2,1-4H3,(H2,18,19,20). The number of nitrogens with one attached hydrogen (secondary N) is 2. The van der Waals surface area contributed by atoms with Crippen molar-refractivity contribution in [3.05, 3.63) is 0 Å². The minimum atomic E-state index is 0.121. The van der Waals surface area contributed by atoms with Gasteiger partial charge in [0.2, 0.25) is 0 Å². The van der Waals surface area contributed by atoms with Crippen LogP contribution in [-0.2, 0) is 9.47 Å². The van der Waals surface area contributed by atoms with E-state index < -0.39 is 0 Å². The first kappa shape index (κ1) is 20.2. The van der Waals surface area contributed by atoms with Crippen LogP contribution in [0.2, 0.25) is 0 Å². The van der Waals surface area contributed by atoms with Crippen LogP contribution in [0, 0.1) is 0 Å². The molecule has 2 N–H and O–H groups in total. The Morgan fingerprint density at radius 3 is 2.52 bits per heavy atom. The maximum absolute atomic E-state index is 5.52. The maximum Gasteiger partial charge on any atom is 0.191 e. The topological polar surface area (TPSA) is 58.1 Å². The van der Waals surface area contributed by atoms with Crippen molar-refractivity contribution in [1.82, 2.24) is 15.5 Å². The number of unbranched alkanes of at least 4 members (excludes halogenated alkanes) is 1. The van der Waals surface area contributed by atoms with Crippen molar-refractivity contribution in [3.63, 3.8) is 0 Å². The highest BCUT2D eigenvalue weighted by Crippen LogP contribution is 2.26. The molecular formula is C17H36N4O2. The van der Waals surface area contributed by atoms with Gasteiger partial charge in [0, 0.05) is 45.1 Å². The van der Waals surface area contributed by atoms with Gasteiger partial charge in [0.1, 0.15) is 0 Å². The fourth-order valence-corrected chi connectivity index (χ4v) is 2.75. The third-order valence-electron chi connectivity index (χ3n) is 4.46. The molecule has 0 unspecified atom stereocenters. The fourth-order valence-electron chi connectivity index (χ4n) is 2.75. The third kappa shape index (κ3) is 7.50. The second-order valence-corrected chi connectivity index (χ2v) is 6.26. The van der Waals surface area contributed by atoms with E-state index in [4.69, 9.17) is 14.5 Å². The van der Waals surface area contributed by atoms with E-state index in [9.17, 15) is 0 Å². The Kier molecular flexibility index (Phi) is 10.2. The molecule has 1 fully saturated rings. The maximum atomic E-state index is 5.52. The fraction of sp³-hybridized carbons (Fsp3) is 0.941. The van der Waals surface area contributed by atoms with E-state index in [1.165, 1.54) is 0 Å². The molecule has 0 aliphatic carbocycles. The van der Waals surface area contributed by atoms with Gasteiger partial charge in [-0.15, -0.1) is 0 Å². The van der Waals surface area contributed by atoms with Gasteiger partial charge in [0.25, 0.3) is 0 Å². The summed E-state index contributed by atoms with van der Waals surface area (Å²) in [5, 5.41) is 6.77. The zero-order chi connectivity index (χ0) is 17.0. The molecule has 1 aliphatic heterocycles. The molecule has 0 saturated carbocycles. The van der Waals surface area contributed by atoms with E-state index in [1.54, 1.807) is 0 Å². The van der Waals surface area contributed by atoms with Crippen molar-refractivity contribution < 1.29 is 9.47 Å². The molecule has 1 rings (SSSR count). The third-order valence-corrected chi connectivity index (χ3v) is 4.46. The lowest BCUT2D eigenvalue weighted by molar-refractivity contribution is -0.00254. The molecule has 1 aliphatic rings. The number of hydrogen-bond donors (Lipinski definition) is 2. The average molecular weight is 329 g/mol. The summed E-state index contributed by atoms with van der Waals surface area (Å²) in [5.41, 5.74) is 0.121. The van der Waals surface area contributed by atoms with Crippen molar-refractivity contribution in [1.29, 1.82) is 0 Å². The van der Waals surface area contributed by atoms with E-state index in [-0.39, 0.29) is 5.54 Å². The minimum Gasteiger partial charge on any atom is -0.382 e. The van der Waals surface area contributed by atoms with Crippen LogP contribution in [0.1, 0.15) is 39.5 Å². The lowest BCUT2D eigenvalue weighted by Gasteiger charge is -2.41. The Morgan fingerprint density at radius 1 is 1.17 bits per heavy atom. The van der Waals surface area contributed by atoms with Gasteiger partial charge in [-0.1, -0.05) is 0 Å². The monoisotopic (exact) mass is 328 g/mol. The van der Waals surface area contributed by atoms with E-state index in [2.05, 4.69) is 36.6 Å². The van der Waals surface area contributed by atoms with Gasteiger partial charge in [-0.2, -0.15) is 0 Å². The molecule has 0 atom stereocenters. The summed E-state index contributed by atoms with van der Waals surface area (Å²) >= 11 is 0. The van der Waals surface area contributed by atoms with Gasteiger partial charge in [-0.25, -0.2) is 0 Å². The normalized spacial score (nSPS) is 18.2. The van der Waals surface area contributed by atoms with Crippen LogP contribution in [-0.4, -0.2) is 76.6 Å². The molecule has 1 saturated heterocycles. The van der Waals surface area contributed by atoms with Crippen LogP contribution in [0.5, 0.6) is 0 Å². The van der Waals surface area contributed by atoms with Crippen LogP contribution >= 0.6 is 0 Å². The summed E-state index contributed by atoms with van der Waals surface area (Å²) in [5.74, 6) is 0.914. The van der Waals surface area contributed by atoms with Crippen LogP contribution < -0.4 is 10.6 Å². The van der Waals surface area contributed by atoms with Crippen molar-refractivity contribution >= 4 is 5.96 Å². The summed E-state index contributed by atoms with van der Waals surface area (Å²) in [6.45, 7) is 10.0. The first-order chi connectivity index (χ1) is 11.1. The smallest absolute Gasteiger partial charge is 0.191 e. The Balaban J connectivity index is 2.45. The largest absolute Gasteiger partial charge is 0.382 e. The summed E-state index contributed by atoms with van der Waals surface area (Å²) in [7, 11) is 4.30. The molecule has 0 radical (unpaired) electrons. The average Bonchev–Trinajstić information content (AvgIpc) is 2.56. The summed E-state index contributed by atoms with van der Waals surface area (Å²) in [6.07, 6.45) is 4.25. The molecule has 0 aromatic carbocycles. The molecule has 0 amide bonds. The number of likely N-dealkylation sites (N-methyl/N-ethyl adjacent to an activating group) is 1. The molecule has 23 heavy (non-hydrogen) atoms. The molecule has 1 heterocycles. The first-order valence-corrected chi connectivity index (χ1v) is 8.99. The SMILES string of the molecule is CCNC(=NCC1(N(C)C)CCOCC1)NCCCCOCC. The van der Waals surface area contributed by atoms with E-state index >= 15 is 0 Å². The Morgan fingerprint density at radius 2 is 1.91 bits per heavy atom. The second kappa shape index (κ2) is 11.6. The number of nitrogens with zero attached hydrogens (tertiary/aromatic N) is 2. The Labute approximate surface area is 142 Å². The Hall–Kier alpha value is -0.850. The van der Waals surface area contributed by atoms with Gasteiger partial charge in [-0.3, -0.25) is 4.99 Å². The predicted octanol–water partition coefficient (Wildman–Crippen LogP) is 1.47. The second-order valence-electron chi connectivity index (χ2n) is 6.26. The zero-order valence-electron chi connectivity index (χ0n) is 15.5. The van der Waals surface area contributed by atoms with Crippen molar-refractivity contribution in [2.24, 2.45) is 4.99 Å². The lowest BCUT2D eigenvalue weighted by atomic mass is 9.89. The summed E-state index contributed by atoms with van der Waals surface area (Å²) < 4.78 is 10.9. The van der Waals surface area contributed by atoms with Gasteiger partial charge in [0.15, 0.2) is 5.96 Å². The predicted molar refractivity (Wildman–Crippen MR) is 96.2 cm³/mol. The molecule has 136 valence electrons. The van der Waals surface area contributed by atoms with Gasteiger partial charge < -0.3 is 25.0 Å². The first-order valence-electron chi connectivity index (χ1n) is 8.99. The molecule has 0 aromatic rings. The number of ether oxygens (including phenoxy) is 2. The quantitative estimate of drug-likeness (QED) is 0.361. The van der Waals surface area contributed by atoms with Gasteiger partial charge in [0.05, 0.1) is 6.54 Å². The molecule has 6 heteroatoms. The van der Waals surface area contributed by atoms with Crippen LogP contribution in [0.15, 0.2) is 4.99 Å². The van der Waals surface area contributed by atoms with Crippen molar-refractivity contribution in [2.75, 3.05) is 60.2 Å². The van der Waals surface area contributed by atoms with Crippen LogP contribution in [0.25, 0.3) is 0 Å². The summed E-state index contributed by atoms with van der Waals surface area (Å²) in [4.78, 5) is 7.14. The van der Waals surface area contributed by atoms with E-state index in [1.807, 2.05) is 6.92 Å². The number of hydrogen-bond acceptors (Lipinski definition) is 4. The van der Waals surface area contributed by atoms with Crippen LogP contribution in [0.3, 0.4) is 0 Å². The lowest BCUT2D eigenvalue weighted by Crippen LogP contribution is -2.51. The molecule has 0 aromatic heterocycles. The number of guanidine groups is 1. The summed E-state index contributed by atoms with van der Waals surface area (Å²) in [6, 6.07) is 0. The van der Waals surface area contributed by atoms with Crippen molar-refractivity contribution in [3.8, 4) is 0 Å². The molecular weight excluding hydrogens is 292 g/mol. The van der Waals surface area contributed by atoms with Gasteiger partial charge in [-0.05, 0) is 53.6 Å². The number of aliphatic imine (C=N–C) groups is 1. The highest BCUT2D eigenvalue weighted by atomic mass is 16.5.